The maximum atomic E-state index is 11.9. The van der Waals surface area contributed by atoms with Crippen LogP contribution in [0.5, 0.6) is 0 Å². The van der Waals surface area contributed by atoms with Crippen molar-refractivity contribution in [2.24, 2.45) is 0 Å². The van der Waals surface area contributed by atoms with Crippen LogP contribution < -0.4 is 5.32 Å². The fraction of sp³-hybridized carbons (Fsp3) is 0.400. The van der Waals surface area contributed by atoms with Gasteiger partial charge in [0.25, 0.3) is 5.91 Å². The van der Waals surface area contributed by atoms with E-state index in [1.807, 2.05) is 24.3 Å². The van der Waals surface area contributed by atoms with E-state index in [0.717, 1.165) is 16.0 Å². The molecule has 0 aromatic heterocycles. The van der Waals surface area contributed by atoms with Crippen molar-refractivity contribution in [1.29, 1.82) is 0 Å². The van der Waals surface area contributed by atoms with E-state index in [0.29, 0.717) is 13.2 Å². The van der Waals surface area contributed by atoms with E-state index < -0.39 is 6.03 Å². The zero-order chi connectivity index (χ0) is 16.1. The molecule has 2 rings (SSSR count). The Morgan fingerprint density at radius 1 is 1.32 bits per heavy atom. The molecule has 0 saturated carbocycles. The van der Waals surface area contributed by atoms with Crippen LogP contribution >= 0.6 is 0 Å². The Hall–Kier alpha value is -2.41. The van der Waals surface area contributed by atoms with Crippen LogP contribution in [0.4, 0.5) is 4.79 Å². The number of rotatable bonds is 6. The van der Waals surface area contributed by atoms with Gasteiger partial charge in [-0.05, 0) is 11.1 Å². The van der Waals surface area contributed by atoms with E-state index in [1.165, 1.54) is 11.9 Å². The van der Waals surface area contributed by atoms with Gasteiger partial charge < -0.3 is 15.0 Å². The number of hydrogen-bond donors (Lipinski definition) is 1. The number of imide groups is 1. The Kier molecular flexibility index (Phi) is 5.11. The van der Waals surface area contributed by atoms with Gasteiger partial charge in [0.2, 0.25) is 5.91 Å². The van der Waals surface area contributed by atoms with Crippen molar-refractivity contribution in [3.05, 3.63) is 35.4 Å². The van der Waals surface area contributed by atoms with Gasteiger partial charge in [0.15, 0.2) is 0 Å². The number of methoxy groups -OCH3 is 1. The van der Waals surface area contributed by atoms with Crippen LogP contribution in [-0.2, 0) is 27.5 Å². The van der Waals surface area contributed by atoms with Crippen molar-refractivity contribution < 1.29 is 19.1 Å². The smallest absolute Gasteiger partial charge is 0.327 e. The van der Waals surface area contributed by atoms with Gasteiger partial charge in [-0.2, -0.15) is 0 Å². The monoisotopic (exact) mass is 305 g/mol. The number of amides is 4. The molecule has 1 heterocycles. The first-order valence-corrected chi connectivity index (χ1v) is 6.90. The summed E-state index contributed by atoms with van der Waals surface area (Å²) in [5.74, 6) is -0.723. The molecule has 22 heavy (non-hydrogen) atoms. The Bertz CT molecular complexity index is 588. The Morgan fingerprint density at radius 3 is 2.68 bits per heavy atom. The molecule has 0 unspecified atom stereocenters. The van der Waals surface area contributed by atoms with Gasteiger partial charge in [-0.15, -0.1) is 0 Å². The summed E-state index contributed by atoms with van der Waals surface area (Å²) >= 11 is 0. The zero-order valence-corrected chi connectivity index (χ0v) is 12.7. The van der Waals surface area contributed by atoms with Gasteiger partial charge in [0, 0.05) is 20.7 Å². The first-order valence-electron chi connectivity index (χ1n) is 6.90. The van der Waals surface area contributed by atoms with Crippen LogP contribution in [0, 0.1) is 0 Å². The highest BCUT2D eigenvalue weighted by Crippen LogP contribution is 2.08. The van der Waals surface area contributed by atoms with Gasteiger partial charge in [0.05, 0.1) is 6.61 Å². The molecule has 1 aromatic carbocycles. The summed E-state index contributed by atoms with van der Waals surface area (Å²) < 4.78 is 5.06. The first kappa shape index (κ1) is 16.0. The van der Waals surface area contributed by atoms with Gasteiger partial charge in [-0.1, -0.05) is 24.3 Å². The van der Waals surface area contributed by atoms with E-state index in [2.05, 4.69) is 5.32 Å². The molecule has 1 aliphatic rings. The quantitative estimate of drug-likeness (QED) is 0.769. The van der Waals surface area contributed by atoms with Crippen LogP contribution in [0.2, 0.25) is 0 Å². The predicted octanol–water partition coefficient (Wildman–Crippen LogP) is 0.343. The minimum Gasteiger partial charge on any atom is -0.380 e. The summed E-state index contributed by atoms with van der Waals surface area (Å²) in [5, 5.41) is 2.71. The number of carbonyl (C=O) groups excluding carboxylic acids is 3. The second kappa shape index (κ2) is 7.04. The molecule has 1 N–H and O–H groups in total. The predicted molar refractivity (Wildman–Crippen MR) is 78.7 cm³/mol. The molecule has 118 valence electrons. The summed E-state index contributed by atoms with van der Waals surface area (Å²) in [6.45, 7) is 0.609. The van der Waals surface area contributed by atoms with Crippen LogP contribution in [0.3, 0.4) is 0 Å². The van der Waals surface area contributed by atoms with Crippen molar-refractivity contribution in [3.8, 4) is 0 Å². The molecule has 7 heteroatoms. The number of nitrogens with zero attached hydrogens (tertiary/aromatic N) is 2. The van der Waals surface area contributed by atoms with E-state index in [9.17, 15) is 14.4 Å². The normalized spacial score (nSPS) is 14.6. The highest BCUT2D eigenvalue weighted by atomic mass is 16.5. The van der Waals surface area contributed by atoms with Crippen molar-refractivity contribution >= 4 is 17.8 Å². The van der Waals surface area contributed by atoms with E-state index in [1.54, 1.807) is 7.11 Å². The van der Waals surface area contributed by atoms with Gasteiger partial charge in [-0.25, -0.2) is 4.79 Å². The SMILES string of the molecule is COCc1cccc(CNC(=O)CN2C(=O)CN(C)C2=O)c1. The lowest BCUT2D eigenvalue weighted by Gasteiger charge is -2.14. The average molecular weight is 305 g/mol. The second-order valence-electron chi connectivity index (χ2n) is 5.15. The summed E-state index contributed by atoms with van der Waals surface area (Å²) in [6, 6.07) is 7.20. The highest BCUT2D eigenvalue weighted by molar-refractivity contribution is 6.04. The van der Waals surface area contributed by atoms with Crippen LogP contribution in [0.15, 0.2) is 24.3 Å². The number of benzene rings is 1. The molecule has 0 aliphatic carbocycles. The number of nitrogens with one attached hydrogen (secondary N) is 1. The largest absolute Gasteiger partial charge is 0.380 e. The van der Waals surface area contributed by atoms with Crippen molar-refractivity contribution in [2.45, 2.75) is 13.2 Å². The standard InChI is InChI=1S/C15H19N3O4/c1-17-9-14(20)18(15(17)21)8-13(19)16-7-11-4-3-5-12(6-11)10-22-2/h3-6H,7-10H2,1-2H3,(H,16,19). The highest BCUT2D eigenvalue weighted by Gasteiger charge is 2.34. The summed E-state index contributed by atoms with van der Waals surface area (Å²) in [6.07, 6.45) is 0. The number of urea groups is 1. The number of hydrogen-bond acceptors (Lipinski definition) is 4. The molecular weight excluding hydrogens is 286 g/mol. The van der Waals surface area contributed by atoms with Crippen LogP contribution in [-0.4, -0.2) is 54.9 Å². The summed E-state index contributed by atoms with van der Waals surface area (Å²) in [7, 11) is 3.15. The average Bonchev–Trinajstić information content (AvgIpc) is 2.72. The maximum Gasteiger partial charge on any atom is 0.327 e. The third kappa shape index (κ3) is 3.82. The van der Waals surface area contributed by atoms with E-state index in [-0.39, 0.29) is 24.9 Å². The summed E-state index contributed by atoms with van der Waals surface area (Å²) in [4.78, 5) is 37.4. The van der Waals surface area contributed by atoms with E-state index in [4.69, 9.17) is 4.74 Å². The molecule has 0 atom stereocenters. The molecule has 1 aliphatic heterocycles. The lowest BCUT2D eigenvalue weighted by atomic mass is 10.1. The van der Waals surface area contributed by atoms with Gasteiger partial charge in [-0.3, -0.25) is 14.5 Å². The molecule has 0 spiro atoms. The number of ether oxygens (including phenoxy) is 1. The Morgan fingerprint density at radius 2 is 2.05 bits per heavy atom. The lowest BCUT2D eigenvalue weighted by molar-refractivity contribution is -0.130. The van der Waals surface area contributed by atoms with Crippen molar-refractivity contribution in [1.82, 2.24) is 15.1 Å². The number of carbonyl (C=O) groups is 3. The maximum absolute atomic E-state index is 11.9. The molecule has 0 radical (unpaired) electrons. The van der Waals surface area contributed by atoms with Crippen LogP contribution in [0.25, 0.3) is 0 Å². The van der Waals surface area contributed by atoms with Gasteiger partial charge >= 0.3 is 6.03 Å². The molecule has 1 saturated heterocycles. The van der Waals surface area contributed by atoms with E-state index >= 15 is 0 Å². The van der Waals surface area contributed by atoms with Crippen molar-refractivity contribution in [3.63, 3.8) is 0 Å². The molecule has 0 bridgehead atoms. The third-order valence-corrected chi connectivity index (χ3v) is 3.32. The Labute approximate surface area is 128 Å². The fourth-order valence-corrected chi connectivity index (χ4v) is 2.22. The minimum absolute atomic E-state index is 0.0190. The molecule has 7 nitrogen and oxygen atoms in total. The van der Waals surface area contributed by atoms with Crippen molar-refractivity contribution in [2.75, 3.05) is 27.2 Å². The third-order valence-electron chi connectivity index (χ3n) is 3.32. The summed E-state index contributed by atoms with van der Waals surface area (Å²) in [5.41, 5.74) is 1.94. The molecule has 4 amide bonds. The number of likely N-dealkylation sites (N-methyl/N-ethyl adjacent to an activating group) is 1. The first-order chi connectivity index (χ1) is 10.5. The Balaban J connectivity index is 1.86. The fourth-order valence-electron chi connectivity index (χ4n) is 2.22. The molecule has 1 fully saturated rings. The minimum atomic E-state index is -0.442. The topological polar surface area (TPSA) is 79.0 Å². The van der Waals surface area contributed by atoms with Crippen LogP contribution in [0.1, 0.15) is 11.1 Å². The molecule has 1 aromatic rings. The lowest BCUT2D eigenvalue weighted by Crippen LogP contribution is -2.40. The molecular formula is C15H19N3O4. The second-order valence-corrected chi connectivity index (χ2v) is 5.15. The zero-order valence-electron chi connectivity index (χ0n) is 12.7. The van der Waals surface area contributed by atoms with Gasteiger partial charge in [0.1, 0.15) is 13.1 Å².